The highest BCUT2D eigenvalue weighted by atomic mass is 19.1. The number of aliphatic hydroxyl groups excluding tert-OH is 2. The Bertz CT molecular complexity index is 1190. The van der Waals surface area contributed by atoms with Gasteiger partial charge in [-0.2, -0.15) is 0 Å². The molecule has 1 aromatic carbocycles. The van der Waals surface area contributed by atoms with Crippen LogP contribution in [-0.2, 0) is 4.74 Å². The number of nitro groups is 1. The largest absolute Gasteiger partial charge is 0.433 e. The summed E-state index contributed by atoms with van der Waals surface area (Å²) in [5.74, 6) is 0.0306. The third-order valence-corrected chi connectivity index (χ3v) is 5.34. The molecule has 2 N–H and O–H groups in total. The van der Waals surface area contributed by atoms with Crippen molar-refractivity contribution >= 4 is 40.4 Å². The summed E-state index contributed by atoms with van der Waals surface area (Å²) in [6.07, 6.45) is 2.97. The number of hydrogen-bond acceptors (Lipinski definition) is 10. The molecule has 0 radical (unpaired) electrons. The van der Waals surface area contributed by atoms with Crippen LogP contribution in [0.25, 0.3) is 23.1 Å². The third-order valence-electron chi connectivity index (χ3n) is 5.34. The molecular weight excluding hydrogens is 449 g/mol. The molecule has 12 heteroatoms. The van der Waals surface area contributed by atoms with Gasteiger partial charge in [-0.1, -0.05) is 0 Å². The summed E-state index contributed by atoms with van der Waals surface area (Å²) in [6, 6.07) is 5.68. The Labute approximate surface area is 193 Å². The molecule has 1 aliphatic heterocycles. The van der Waals surface area contributed by atoms with Gasteiger partial charge in [0.2, 0.25) is 0 Å². The lowest BCUT2D eigenvalue weighted by atomic mass is 10.1. The van der Waals surface area contributed by atoms with Crippen LogP contribution in [0.5, 0.6) is 0 Å². The molecule has 0 bridgehead atoms. The molecule has 0 atom stereocenters. The van der Waals surface area contributed by atoms with Crippen molar-refractivity contribution in [2.45, 2.75) is 0 Å². The highest BCUT2D eigenvalue weighted by molar-refractivity contribution is 5.93. The number of morpholine rings is 1. The van der Waals surface area contributed by atoms with Crippen LogP contribution in [0.2, 0.25) is 0 Å². The van der Waals surface area contributed by atoms with E-state index in [2.05, 4.69) is 9.97 Å². The monoisotopic (exact) mass is 473 g/mol. The number of furan rings is 1. The summed E-state index contributed by atoms with van der Waals surface area (Å²) < 4.78 is 25.5. The van der Waals surface area contributed by atoms with E-state index in [1.807, 2.05) is 4.90 Å². The minimum Gasteiger partial charge on any atom is -0.401 e. The Morgan fingerprint density at radius 2 is 1.88 bits per heavy atom. The van der Waals surface area contributed by atoms with Crippen LogP contribution in [0.1, 0.15) is 11.6 Å². The fraction of sp³-hybridized carbons (Fsp3) is 0.364. The minimum absolute atomic E-state index is 0.176. The van der Waals surface area contributed by atoms with Gasteiger partial charge in [-0.05, 0) is 24.3 Å². The minimum atomic E-state index is -0.640. The molecule has 34 heavy (non-hydrogen) atoms. The van der Waals surface area contributed by atoms with Gasteiger partial charge in [-0.3, -0.25) is 10.1 Å². The van der Waals surface area contributed by atoms with Crippen LogP contribution in [-0.4, -0.2) is 77.7 Å². The average Bonchev–Trinajstić information content (AvgIpc) is 3.32. The second-order valence-electron chi connectivity index (χ2n) is 7.53. The molecule has 2 aromatic heterocycles. The van der Waals surface area contributed by atoms with Gasteiger partial charge in [0, 0.05) is 37.6 Å². The first-order chi connectivity index (χ1) is 16.5. The molecule has 0 aliphatic carbocycles. The number of fused-ring (bicyclic) bond motifs is 1. The number of anilines is 2. The maximum absolute atomic E-state index is 15.1. The number of benzene rings is 1. The van der Waals surface area contributed by atoms with E-state index in [4.69, 9.17) is 9.15 Å². The van der Waals surface area contributed by atoms with Crippen molar-refractivity contribution in [1.29, 1.82) is 0 Å². The molecule has 1 saturated heterocycles. The first kappa shape index (κ1) is 23.5. The molecule has 1 aliphatic rings. The quantitative estimate of drug-likeness (QED) is 0.351. The van der Waals surface area contributed by atoms with Crippen LogP contribution < -0.4 is 9.80 Å². The van der Waals surface area contributed by atoms with E-state index in [1.165, 1.54) is 30.4 Å². The number of nitrogens with zero attached hydrogens (tertiary/aromatic N) is 5. The molecule has 180 valence electrons. The van der Waals surface area contributed by atoms with Gasteiger partial charge in [-0.15, -0.1) is 0 Å². The lowest BCUT2D eigenvalue weighted by Gasteiger charge is -2.30. The molecule has 4 rings (SSSR count). The molecule has 1 fully saturated rings. The maximum atomic E-state index is 15.1. The third kappa shape index (κ3) is 5.14. The normalized spacial score (nSPS) is 14.3. The van der Waals surface area contributed by atoms with Gasteiger partial charge in [-0.25, -0.2) is 14.4 Å². The van der Waals surface area contributed by atoms with Crippen molar-refractivity contribution in [2.75, 3.05) is 62.4 Å². The first-order valence-electron chi connectivity index (χ1n) is 10.7. The van der Waals surface area contributed by atoms with Crippen molar-refractivity contribution in [3.05, 3.63) is 51.8 Å². The topological polar surface area (TPSA) is 138 Å². The Morgan fingerprint density at radius 3 is 2.53 bits per heavy atom. The molecule has 0 spiro atoms. The van der Waals surface area contributed by atoms with E-state index in [9.17, 15) is 20.3 Å². The number of halogens is 1. The Morgan fingerprint density at radius 1 is 1.15 bits per heavy atom. The molecule has 0 saturated carbocycles. The zero-order chi connectivity index (χ0) is 24.1. The zero-order valence-corrected chi connectivity index (χ0v) is 18.3. The SMILES string of the molecule is O=[N+]([O-])c1ccc(/C=C/c2nc(N(CCO)CCO)c3cc(N4CCOCC4)c(F)cc3n2)o1. The summed E-state index contributed by atoms with van der Waals surface area (Å²) >= 11 is 0. The lowest BCUT2D eigenvalue weighted by Crippen LogP contribution is -2.36. The van der Waals surface area contributed by atoms with Crippen molar-refractivity contribution in [3.8, 4) is 0 Å². The van der Waals surface area contributed by atoms with Gasteiger partial charge >= 0.3 is 5.88 Å². The van der Waals surface area contributed by atoms with Crippen LogP contribution in [0.3, 0.4) is 0 Å². The fourth-order valence-corrected chi connectivity index (χ4v) is 3.75. The van der Waals surface area contributed by atoms with Gasteiger partial charge in [0.05, 0.1) is 43.7 Å². The highest BCUT2D eigenvalue weighted by Crippen LogP contribution is 2.31. The van der Waals surface area contributed by atoms with Crippen LogP contribution in [0.15, 0.2) is 28.7 Å². The molecule has 11 nitrogen and oxygen atoms in total. The smallest absolute Gasteiger partial charge is 0.401 e. The number of aromatic nitrogens is 2. The summed E-state index contributed by atoms with van der Waals surface area (Å²) in [5.41, 5.74) is 0.741. The fourth-order valence-electron chi connectivity index (χ4n) is 3.75. The van der Waals surface area contributed by atoms with E-state index in [0.717, 1.165) is 0 Å². The van der Waals surface area contributed by atoms with E-state index in [-0.39, 0.29) is 37.9 Å². The highest BCUT2D eigenvalue weighted by Gasteiger charge is 2.20. The van der Waals surface area contributed by atoms with Crippen molar-refractivity contribution in [1.82, 2.24) is 9.97 Å². The predicted molar refractivity (Wildman–Crippen MR) is 123 cm³/mol. The second-order valence-corrected chi connectivity index (χ2v) is 7.53. The number of aliphatic hydroxyl groups is 2. The molecule has 0 amide bonds. The van der Waals surface area contributed by atoms with Gasteiger partial charge in [0.1, 0.15) is 22.3 Å². The van der Waals surface area contributed by atoms with E-state index < -0.39 is 16.6 Å². The average molecular weight is 473 g/mol. The Hall–Kier alpha value is -3.61. The van der Waals surface area contributed by atoms with Gasteiger partial charge in [0.25, 0.3) is 0 Å². The molecule has 3 aromatic rings. The van der Waals surface area contributed by atoms with Crippen LogP contribution >= 0.6 is 0 Å². The van der Waals surface area contributed by atoms with E-state index >= 15 is 4.39 Å². The first-order valence-corrected chi connectivity index (χ1v) is 10.7. The summed E-state index contributed by atoms with van der Waals surface area (Å²) in [7, 11) is 0. The van der Waals surface area contributed by atoms with Gasteiger partial charge in [0.15, 0.2) is 5.82 Å². The summed E-state index contributed by atoms with van der Waals surface area (Å²) in [4.78, 5) is 22.8. The number of ether oxygens (including phenoxy) is 1. The maximum Gasteiger partial charge on any atom is 0.433 e. The number of rotatable bonds is 9. The lowest BCUT2D eigenvalue weighted by molar-refractivity contribution is -0.402. The molecule has 0 unspecified atom stereocenters. The number of hydrogen-bond donors (Lipinski definition) is 2. The summed E-state index contributed by atoms with van der Waals surface area (Å²) in [5, 5.41) is 30.5. The van der Waals surface area contributed by atoms with E-state index in [0.29, 0.717) is 48.7 Å². The summed E-state index contributed by atoms with van der Waals surface area (Å²) in [6.45, 7) is 2.13. The second kappa shape index (κ2) is 10.5. The predicted octanol–water partition coefficient (Wildman–Crippen LogP) is 2.07. The standard InChI is InChI=1S/C22H24FN5O6/c23-17-14-18-16(13-19(17)26-7-11-33-12-8-26)22(27(5-9-29)6-10-30)25-20(24-18)3-1-15-2-4-21(34-15)28(31)32/h1-4,13-14,29-30H,5-12H2/b3-1+. The van der Waals surface area contributed by atoms with Gasteiger partial charge < -0.3 is 29.2 Å². The van der Waals surface area contributed by atoms with Crippen molar-refractivity contribution < 1.29 is 28.7 Å². The van der Waals surface area contributed by atoms with Crippen LogP contribution in [0, 0.1) is 15.9 Å². The zero-order valence-electron chi connectivity index (χ0n) is 18.3. The van der Waals surface area contributed by atoms with E-state index in [1.54, 1.807) is 11.0 Å². The van der Waals surface area contributed by atoms with Crippen molar-refractivity contribution in [3.63, 3.8) is 0 Å². The Kier molecular flexibility index (Phi) is 7.30. The Balaban J connectivity index is 1.79. The molecule has 3 heterocycles. The molecular formula is C22H24FN5O6. The van der Waals surface area contributed by atoms with Crippen molar-refractivity contribution in [2.24, 2.45) is 0 Å². The van der Waals surface area contributed by atoms with Crippen LogP contribution in [0.4, 0.5) is 21.8 Å².